The second-order valence-electron chi connectivity index (χ2n) is 8.77. The third-order valence-electron chi connectivity index (χ3n) is 6.58. The fourth-order valence-corrected chi connectivity index (χ4v) is 4.63. The molecule has 4 rings (SSSR count). The first-order chi connectivity index (χ1) is 17.6. The lowest BCUT2D eigenvalue weighted by Crippen LogP contribution is -2.13. The molecule has 0 amide bonds. The highest BCUT2D eigenvalue weighted by molar-refractivity contribution is 5.98. The summed E-state index contributed by atoms with van der Waals surface area (Å²) in [5, 5.41) is 43.8. The highest BCUT2D eigenvalue weighted by atomic mass is 16.5. The smallest absolute Gasteiger partial charge is 0.306 e. The number of carbonyl (C=O) groups excluding carboxylic acids is 2. The molecule has 0 saturated carbocycles. The number of hydrogen-bond donors (Lipinski definition) is 4. The summed E-state index contributed by atoms with van der Waals surface area (Å²) in [6, 6.07) is 5.69. The highest BCUT2D eigenvalue weighted by Gasteiger charge is 2.36. The van der Waals surface area contributed by atoms with Crippen LogP contribution in [0.5, 0.6) is 28.7 Å². The van der Waals surface area contributed by atoms with E-state index in [9.17, 15) is 30.0 Å². The Morgan fingerprint density at radius 1 is 1.11 bits per heavy atom. The number of phenols is 3. The number of methoxy groups -OCH3 is 2. The van der Waals surface area contributed by atoms with Crippen LogP contribution in [0.4, 0.5) is 0 Å². The summed E-state index contributed by atoms with van der Waals surface area (Å²) in [5.41, 5.74) is 1.58. The first-order valence-corrected chi connectivity index (χ1v) is 11.4. The molecule has 2 aromatic carbocycles. The molecule has 3 aromatic rings. The molecule has 0 radical (unpaired) electrons. The van der Waals surface area contributed by atoms with Gasteiger partial charge in [0.15, 0.2) is 17.3 Å². The molecule has 0 saturated heterocycles. The molecule has 0 bridgehead atoms. The molecular formula is C27H27NO9. The molecule has 194 valence electrons. The third kappa shape index (κ3) is 4.51. The predicted molar refractivity (Wildman–Crippen MR) is 130 cm³/mol. The van der Waals surface area contributed by atoms with E-state index in [0.717, 1.165) is 0 Å². The minimum Gasteiger partial charge on any atom is -0.507 e. The number of hydrogen-bond acceptors (Lipinski definition) is 10. The van der Waals surface area contributed by atoms with Gasteiger partial charge in [0.25, 0.3) is 0 Å². The van der Waals surface area contributed by atoms with Crippen molar-refractivity contribution in [3.05, 3.63) is 69.5 Å². The molecule has 0 fully saturated rings. The zero-order valence-corrected chi connectivity index (χ0v) is 20.7. The second-order valence-corrected chi connectivity index (χ2v) is 8.77. The first kappa shape index (κ1) is 25.8. The molecular weight excluding hydrogens is 482 g/mol. The van der Waals surface area contributed by atoms with Gasteiger partial charge in [-0.3, -0.25) is 14.6 Å². The third-order valence-corrected chi connectivity index (χ3v) is 6.58. The Labute approximate surface area is 212 Å². The Hall–Kier alpha value is -4.31. The SMILES string of the molecule is COC(=O)C[C@@H](c1ccc(OC)c(O)c1)c1c(O)c(C(C)=O)cc([C@H]2OCc3cnc(C)c(O)c32)c1O. The molecule has 1 aliphatic rings. The summed E-state index contributed by atoms with van der Waals surface area (Å²) in [7, 11) is 2.58. The van der Waals surface area contributed by atoms with Crippen molar-refractivity contribution in [2.24, 2.45) is 0 Å². The van der Waals surface area contributed by atoms with E-state index in [4.69, 9.17) is 14.2 Å². The maximum absolute atomic E-state index is 12.5. The van der Waals surface area contributed by atoms with Crippen molar-refractivity contribution in [2.75, 3.05) is 14.2 Å². The minimum atomic E-state index is -1.03. The average Bonchev–Trinajstić information content (AvgIpc) is 3.30. The minimum absolute atomic E-state index is 0.101. The maximum Gasteiger partial charge on any atom is 0.306 e. The van der Waals surface area contributed by atoms with E-state index in [1.54, 1.807) is 19.2 Å². The molecule has 0 aliphatic carbocycles. The van der Waals surface area contributed by atoms with Crippen LogP contribution in [0.15, 0.2) is 30.5 Å². The highest BCUT2D eigenvalue weighted by Crippen LogP contribution is 2.51. The zero-order valence-electron chi connectivity index (χ0n) is 20.7. The number of esters is 1. The predicted octanol–water partition coefficient (Wildman–Crippen LogP) is 3.74. The summed E-state index contributed by atoms with van der Waals surface area (Å²) in [4.78, 5) is 29.1. The molecule has 4 N–H and O–H groups in total. The molecule has 2 heterocycles. The van der Waals surface area contributed by atoms with Crippen molar-refractivity contribution >= 4 is 11.8 Å². The number of benzene rings is 2. The lowest BCUT2D eigenvalue weighted by molar-refractivity contribution is -0.140. The summed E-state index contributed by atoms with van der Waals surface area (Å²) in [6.07, 6.45) is 0.257. The Morgan fingerprint density at radius 2 is 1.84 bits per heavy atom. The Kier molecular flexibility index (Phi) is 6.95. The number of aryl methyl sites for hydroxylation is 1. The van der Waals surface area contributed by atoms with E-state index in [-0.39, 0.29) is 47.0 Å². The van der Waals surface area contributed by atoms with E-state index in [1.165, 1.54) is 39.3 Å². The lowest BCUT2D eigenvalue weighted by atomic mass is 9.83. The Morgan fingerprint density at radius 3 is 2.46 bits per heavy atom. The van der Waals surface area contributed by atoms with E-state index in [2.05, 4.69) is 4.98 Å². The van der Waals surface area contributed by atoms with Crippen molar-refractivity contribution < 1.29 is 44.2 Å². The van der Waals surface area contributed by atoms with E-state index in [1.807, 2.05) is 0 Å². The van der Waals surface area contributed by atoms with Crippen LogP contribution < -0.4 is 4.74 Å². The van der Waals surface area contributed by atoms with Gasteiger partial charge in [0.2, 0.25) is 0 Å². The molecule has 2 atom stereocenters. The average molecular weight is 510 g/mol. The van der Waals surface area contributed by atoms with Gasteiger partial charge < -0.3 is 34.6 Å². The van der Waals surface area contributed by atoms with Gasteiger partial charge >= 0.3 is 5.97 Å². The number of carbonyl (C=O) groups is 2. The van der Waals surface area contributed by atoms with Crippen LogP contribution in [0.1, 0.15) is 69.2 Å². The molecule has 1 aromatic heterocycles. The summed E-state index contributed by atoms with van der Waals surface area (Å²) in [5.74, 6) is -3.29. The quantitative estimate of drug-likeness (QED) is 0.273. The number of pyridine rings is 1. The number of phenolic OH excluding ortho intramolecular Hbond substituents is 3. The van der Waals surface area contributed by atoms with E-state index >= 15 is 0 Å². The van der Waals surface area contributed by atoms with Crippen LogP contribution >= 0.6 is 0 Å². The number of Topliss-reactive ketones (excluding diaryl/α,β-unsaturated/α-hetero) is 1. The number of aromatic nitrogens is 1. The fraction of sp³-hybridized carbons (Fsp3) is 0.296. The van der Waals surface area contributed by atoms with Crippen LogP contribution in [-0.4, -0.2) is 51.4 Å². The van der Waals surface area contributed by atoms with Gasteiger partial charge in [0.1, 0.15) is 23.4 Å². The fourth-order valence-electron chi connectivity index (χ4n) is 4.63. The van der Waals surface area contributed by atoms with Crippen LogP contribution in [0.3, 0.4) is 0 Å². The molecule has 0 unspecified atom stereocenters. The molecule has 10 heteroatoms. The van der Waals surface area contributed by atoms with Gasteiger partial charge in [-0.15, -0.1) is 0 Å². The normalized spacial score (nSPS) is 15.2. The number of ketones is 1. The van der Waals surface area contributed by atoms with Crippen molar-refractivity contribution in [1.29, 1.82) is 0 Å². The largest absolute Gasteiger partial charge is 0.507 e. The Balaban J connectivity index is 1.98. The number of rotatable bonds is 7. The monoisotopic (exact) mass is 509 g/mol. The van der Waals surface area contributed by atoms with Gasteiger partial charge in [0, 0.05) is 34.4 Å². The Bertz CT molecular complexity index is 1400. The van der Waals surface area contributed by atoms with Gasteiger partial charge in [0.05, 0.1) is 38.5 Å². The van der Waals surface area contributed by atoms with Crippen LogP contribution in [-0.2, 0) is 20.9 Å². The molecule has 10 nitrogen and oxygen atoms in total. The topological polar surface area (TPSA) is 156 Å². The first-order valence-electron chi connectivity index (χ1n) is 11.4. The van der Waals surface area contributed by atoms with Crippen LogP contribution in [0.25, 0.3) is 0 Å². The number of nitrogens with zero attached hydrogens (tertiary/aromatic N) is 1. The van der Waals surface area contributed by atoms with E-state index in [0.29, 0.717) is 22.4 Å². The number of ether oxygens (including phenoxy) is 3. The van der Waals surface area contributed by atoms with Gasteiger partial charge in [-0.25, -0.2) is 0 Å². The summed E-state index contributed by atoms with van der Waals surface area (Å²) in [6.45, 7) is 2.98. The lowest BCUT2D eigenvalue weighted by Gasteiger charge is -2.25. The number of fused-ring (bicyclic) bond motifs is 1. The van der Waals surface area contributed by atoms with E-state index < -0.39 is 35.3 Å². The van der Waals surface area contributed by atoms with Gasteiger partial charge in [-0.1, -0.05) is 6.07 Å². The van der Waals surface area contributed by atoms with Gasteiger partial charge in [-0.2, -0.15) is 0 Å². The van der Waals surface area contributed by atoms with Crippen LogP contribution in [0, 0.1) is 6.92 Å². The molecule has 0 spiro atoms. The van der Waals surface area contributed by atoms with Crippen LogP contribution in [0.2, 0.25) is 0 Å². The second kappa shape index (κ2) is 9.98. The van der Waals surface area contributed by atoms with Crippen molar-refractivity contribution in [3.8, 4) is 28.7 Å². The van der Waals surface area contributed by atoms with Crippen molar-refractivity contribution in [3.63, 3.8) is 0 Å². The summed E-state index contributed by atoms with van der Waals surface area (Å²) < 4.78 is 15.8. The van der Waals surface area contributed by atoms with Crippen molar-refractivity contribution in [2.45, 2.75) is 38.9 Å². The zero-order chi connectivity index (χ0) is 27.0. The molecule has 1 aliphatic heterocycles. The summed E-state index contributed by atoms with van der Waals surface area (Å²) >= 11 is 0. The van der Waals surface area contributed by atoms with Gasteiger partial charge in [-0.05, 0) is 37.6 Å². The molecule has 37 heavy (non-hydrogen) atoms. The number of aromatic hydroxyl groups is 4. The van der Waals surface area contributed by atoms with Crippen molar-refractivity contribution in [1.82, 2.24) is 4.98 Å². The standard InChI is InChI=1S/C27H27NO9/c1-12-24(32)22-15(10-28-12)11-37-27(22)18-8-16(13(2)29)25(33)23(26(18)34)17(9-21(31)36-4)14-5-6-20(35-3)19(30)7-14/h5-8,10,17,27,30,32-34H,9,11H2,1-4H3/t17-,27+/m0/s1. The maximum atomic E-state index is 12.5.